The van der Waals surface area contributed by atoms with Gasteiger partial charge in [0.2, 0.25) is 5.91 Å². The van der Waals surface area contributed by atoms with Gasteiger partial charge in [-0.25, -0.2) is 0 Å². The average Bonchev–Trinajstić information content (AvgIpc) is 3.44. The third-order valence-corrected chi connectivity index (χ3v) is 17.1. The average molecular weight is 1100 g/mol. The smallest absolute Gasteiger partial charge is 0.305 e. The van der Waals surface area contributed by atoms with Gasteiger partial charge in [-0.1, -0.05) is 360 Å². The van der Waals surface area contributed by atoms with Crippen molar-refractivity contribution in [1.29, 1.82) is 0 Å². The van der Waals surface area contributed by atoms with Crippen LogP contribution in [0.3, 0.4) is 0 Å². The first-order chi connectivity index (χ1) is 38.5. The second kappa shape index (κ2) is 68.1. The first kappa shape index (κ1) is 76.6. The number of carbonyl (C=O) groups is 2. The van der Waals surface area contributed by atoms with E-state index in [1.165, 1.54) is 340 Å². The molecular weight excluding hydrogens is 959 g/mol. The second-order valence-electron chi connectivity index (χ2n) is 24.9. The van der Waals surface area contributed by atoms with Crippen LogP contribution in [0, 0.1) is 0 Å². The number of rotatable bonds is 68. The molecule has 0 bridgehead atoms. The van der Waals surface area contributed by atoms with Crippen LogP contribution in [0.1, 0.15) is 412 Å². The molecular formula is C72H141NO5. The van der Waals surface area contributed by atoms with Crippen molar-refractivity contribution in [1.82, 2.24) is 5.32 Å². The Balaban J connectivity index is 3.27. The molecule has 0 aliphatic carbocycles. The zero-order chi connectivity index (χ0) is 56.4. The van der Waals surface area contributed by atoms with Crippen molar-refractivity contribution in [2.45, 2.75) is 424 Å². The Kier molecular flexibility index (Phi) is 66.9. The molecule has 0 aliphatic heterocycles. The summed E-state index contributed by atoms with van der Waals surface area (Å²) in [7, 11) is 0. The Bertz CT molecular complexity index is 1180. The van der Waals surface area contributed by atoms with E-state index >= 15 is 0 Å². The Hall–Kier alpha value is -1.40. The number of aliphatic hydroxyl groups excluding tert-OH is 2. The summed E-state index contributed by atoms with van der Waals surface area (Å²) in [5.74, 6) is -0.00992. The minimum Gasteiger partial charge on any atom is -0.466 e. The van der Waals surface area contributed by atoms with Gasteiger partial charge in [0.25, 0.3) is 0 Å². The van der Waals surface area contributed by atoms with Crippen LogP contribution < -0.4 is 5.32 Å². The largest absolute Gasteiger partial charge is 0.466 e. The van der Waals surface area contributed by atoms with Gasteiger partial charge in [0.15, 0.2) is 0 Å². The Morgan fingerprint density at radius 2 is 0.603 bits per heavy atom. The van der Waals surface area contributed by atoms with Crippen LogP contribution in [0.25, 0.3) is 0 Å². The maximum absolute atomic E-state index is 12.4. The number of allylic oxidation sites excluding steroid dienone is 2. The molecule has 1 amide bonds. The van der Waals surface area contributed by atoms with Gasteiger partial charge in [-0.3, -0.25) is 9.59 Å². The molecule has 78 heavy (non-hydrogen) atoms. The third-order valence-electron chi connectivity index (χ3n) is 17.1. The fourth-order valence-corrected chi connectivity index (χ4v) is 11.6. The van der Waals surface area contributed by atoms with Crippen molar-refractivity contribution in [3.63, 3.8) is 0 Å². The predicted octanol–water partition coefficient (Wildman–Crippen LogP) is 23.1. The second-order valence-corrected chi connectivity index (χ2v) is 24.9. The van der Waals surface area contributed by atoms with E-state index in [1.54, 1.807) is 0 Å². The van der Waals surface area contributed by atoms with Crippen molar-refractivity contribution in [3.8, 4) is 0 Å². The molecule has 0 saturated carbocycles. The maximum atomic E-state index is 12.4. The minimum absolute atomic E-state index is 0.0196. The number of unbranched alkanes of at least 4 members (excludes halogenated alkanes) is 55. The molecule has 464 valence electrons. The summed E-state index contributed by atoms with van der Waals surface area (Å²) in [4.78, 5) is 24.6. The predicted molar refractivity (Wildman–Crippen MR) is 343 cm³/mol. The first-order valence-electron chi connectivity index (χ1n) is 35.9. The van der Waals surface area contributed by atoms with Gasteiger partial charge in [0.1, 0.15) is 0 Å². The summed E-state index contributed by atoms with van der Waals surface area (Å²) < 4.78 is 5.51. The summed E-state index contributed by atoms with van der Waals surface area (Å²) in [6.45, 7) is 4.97. The van der Waals surface area contributed by atoms with Crippen LogP contribution in [-0.4, -0.2) is 47.4 Å². The lowest BCUT2D eigenvalue weighted by Gasteiger charge is -2.22. The molecule has 0 rings (SSSR count). The summed E-state index contributed by atoms with van der Waals surface area (Å²) in [5, 5.41) is 23.2. The fraction of sp³-hybridized carbons (Fsp3) is 0.944. The lowest BCUT2D eigenvalue weighted by Crippen LogP contribution is -2.45. The zero-order valence-electron chi connectivity index (χ0n) is 53.2. The highest BCUT2D eigenvalue weighted by Crippen LogP contribution is 2.19. The van der Waals surface area contributed by atoms with E-state index in [0.29, 0.717) is 25.9 Å². The topological polar surface area (TPSA) is 95.9 Å². The van der Waals surface area contributed by atoms with Gasteiger partial charge in [0.05, 0.1) is 25.4 Å². The molecule has 0 radical (unpaired) electrons. The standard InChI is InChI=1S/C72H141NO5/c1-3-5-7-9-11-13-15-16-17-18-37-40-43-46-50-54-58-62-66-72(77)78-67-63-59-55-51-47-44-41-38-35-33-31-29-27-25-23-21-19-20-22-24-26-28-30-32-34-36-39-42-45-49-53-57-61-65-71(76)73-69(68-74)70(75)64-60-56-52-48-14-12-10-8-6-4-2/h17-18,69-70,74-75H,3-16,19-68H2,1-2H3,(H,73,76)/b18-17-. The molecule has 0 saturated heterocycles. The summed E-state index contributed by atoms with van der Waals surface area (Å²) >= 11 is 0. The van der Waals surface area contributed by atoms with Crippen LogP contribution in [-0.2, 0) is 14.3 Å². The van der Waals surface area contributed by atoms with E-state index in [9.17, 15) is 19.8 Å². The Labute approximate surface area is 489 Å². The number of amides is 1. The molecule has 2 unspecified atom stereocenters. The minimum atomic E-state index is -0.658. The Morgan fingerprint density at radius 3 is 0.910 bits per heavy atom. The van der Waals surface area contributed by atoms with E-state index in [0.717, 1.165) is 38.5 Å². The summed E-state index contributed by atoms with van der Waals surface area (Å²) in [6.07, 6.45) is 84.3. The third kappa shape index (κ3) is 63.8. The molecule has 0 aliphatic rings. The number of aliphatic hydroxyl groups is 2. The van der Waals surface area contributed by atoms with Crippen LogP contribution in [0.5, 0.6) is 0 Å². The number of carbonyl (C=O) groups excluding carboxylic acids is 2. The van der Waals surface area contributed by atoms with Crippen LogP contribution in [0.4, 0.5) is 0 Å². The monoisotopic (exact) mass is 1100 g/mol. The van der Waals surface area contributed by atoms with E-state index in [1.807, 2.05) is 0 Å². The molecule has 0 aromatic rings. The van der Waals surface area contributed by atoms with Gasteiger partial charge >= 0.3 is 5.97 Å². The molecule has 6 heteroatoms. The number of esters is 1. The van der Waals surface area contributed by atoms with Crippen molar-refractivity contribution in [3.05, 3.63) is 12.2 Å². The molecule has 0 aromatic carbocycles. The normalized spacial score (nSPS) is 12.5. The molecule has 3 N–H and O–H groups in total. The van der Waals surface area contributed by atoms with Crippen molar-refractivity contribution >= 4 is 11.9 Å². The number of nitrogens with one attached hydrogen (secondary N) is 1. The lowest BCUT2D eigenvalue weighted by molar-refractivity contribution is -0.143. The number of ether oxygens (including phenoxy) is 1. The van der Waals surface area contributed by atoms with Gasteiger partial charge in [0, 0.05) is 12.8 Å². The van der Waals surface area contributed by atoms with Crippen molar-refractivity contribution in [2.75, 3.05) is 13.2 Å². The van der Waals surface area contributed by atoms with Gasteiger partial charge in [-0.15, -0.1) is 0 Å². The van der Waals surface area contributed by atoms with E-state index < -0.39 is 12.1 Å². The van der Waals surface area contributed by atoms with Crippen LogP contribution >= 0.6 is 0 Å². The van der Waals surface area contributed by atoms with Crippen LogP contribution in [0.2, 0.25) is 0 Å². The molecule has 0 heterocycles. The van der Waals surface area contributed by atoms with Gasteiger partial charge in [-0.05, 0) is 51.4 Å². The zero-order valence-corrected chi connectivity index (χ0v) is 53.2. The molecule has 6 nitrogen and oxygen atoms in total. The first-order valence-corrected chi connectivity index (χ1v) is 35.9. The summed E-state index contributed by atoms with van der Waals surface area (Å²) in [6, 6.07) is -0.535. The van der Waals surface area contributed by atoms with Crippen LogP contribution in [0.15, 0.2) is 12.2 Å². The van der Waals surface area contributed by atoms with E-state index in [2.05, 4.69) is 31.3 Å². The fourth-order valence-electron chi connectivity index (χ4n) is 11.6. The highest BCUT2D eigenvalue weighted by Gasteiger charge is 2.20. The van der Waals surface area contributed by atoms with Crippen molar-refractivity contribution < 1.29 is 24.5 Å². The lowest BCUT2D eigenvalue weighted by atomic mass is 10.0. The molecule has 0 fully saturated rings. The summed E-state index contributed by atoms with van der Waals surface area (Å²) in [5.41, 5.74) is 0. The molecule has 0 aromatic heterocycles. The SMILES string of the molecule is CCCCCCCCC/C=C\CCCCCCCCCC(=O)OCCCCCCCCCCCCCCCCCCCCCCCCCCCCCCCCCCCC(=O)NC(CO)C(O)CCCCCCCCCCCC. The highest BCUT2D eigenvalue weighted by atomic mass is 16.5. The maximum Gasteiger partial charge on any atom is 0.305 e. The van der Waals surface area contributed by atoms with E-state index in [-0.39, 0.29) is 18.5 Å². The quantitative estimate of drug-likeness (QED) is 0.0320. The number of hydrogen-bond acceptors (Lipinski definition) is 5. The van der Waals surface area contributed by atoms with Crippen molar-refractivity contribution in [2.24, 2.45) is 0 Å². The highest BCUT2D eigenvalue weighted by molar-refractivity contribution is 5.76. The van der Waals surface area contributed by atoms with Gasteiger partial charge in [-0.2, -0.15) is 0 Å². The molecule has 2 atom stereocenters. The van der Waals surface area contributed by atoms with E-state index in [4.69, 9.17) is 4.74 Å². The Morgan fingerprint density at radius 1 is 0.346 bits per heavy atom. The van der Waals surface area contributed by atoms with Gasteiger partial charge < -0.3 is 20.3 Å². The molecule has 0 spiro atoms. The number of hydrogen-bond donors (Lipinski definition) is 3.